The molecule has 4 aromatic rings. The lowest BCUT2D eigenvalue weighted by atomic mass is 9.93. The predicted octanol–water partition coefficient (Wildman–Crippen LogP) is 3.71. The van der Waals surface area contributed by atoms with E-state index in [0.717, 1.165) is 54.4 Å². The largest absolute Gasteiger partial charge is 0.355 e. The van der Waals surface area contributed by atoms with Crippen LogP contribution in [0.3, 0.4) is 0 Å². The summed E-state index contributed by atoms with van der Waals surface area (Å²) >= 11 is 0. The van der Waals surface area contributed by atoms with Crippen molar-refractivity contribution in [1.82, 2.24) is 30.4 Å². The second-order valence-corrected chi connectivity index (χ2v) is 7.21. The Morgan fingerprint density at radius 3 is 2.41 bits per heavy atom. The summed E-state index contributed by atoms with van der Waals surface area (Å²) in [5.74, 6) is 2.14. The maximum Gasteiger partial charge on any atom is 0.159 e. The van der Waals surface area contributed by atoms with Crippen LogP contribution in [0.5, 0.6) is 0 Å². The van der Waals surface area contributed by atoms with Crippen LogP contribution in [0.4, 0.5) is 5.82 Å². The summed E-state index contributed by atoms with van der Waals surface area (Å²) < 4.78 is 0. The van der Waals surface area contributed by atoms with Crippen molar-refractivity contribution in [3.63, 3.8) is 0 Å². The van der Waals surface area contributed by atoms with E-state index in [-0.39, 0.29) is 0 Å². The molecule has 0 bridgehead atoms. The summed E-state index contributed by atoms with van der Waals surface area (Å²) in [7, 11) is 0. The van der Waals surface area contributed by atoms with Crippen LogP contribution in [0.2, 0.25) is 0 Å². The molecule has 0 spiro atoms. The Morgan fingerprint density at radius 2 is 1.69 bits per heavy atom. The Hall–Kier alpha value is -3.61. The van der Waals surface area contributed by atoms with Gasteiger partial charge in [0.1, 0.15) is 0 Å². The fourth-order valence-electron chi connectivity index (χ4n) is 3.77. The zero-order chi connectivity index (χ0) is 19.5. The van der Waals surface area contributed by atoms with Crippen molar-refractivity contribution < 1.29 is 0 Å². The average Bonchev–Trinajstić information content (AvgIpc) is 3.31. The molecule has 1 N–H and O–H groups in total. The number of aromatic amines is 1. The summed E-state index contributed by atoms with van der Waals surface area (Å²) in [5, 5.41) is 15.9. The summed E-state index contributed by atoms with van der Waals surface area (Å²) in [6.07, 6.45) is 7.50. The molecule has 3 aromatic heterocycles. The number of piperidine rings is 1. The van der Waals surface area contributed by atoms with Gasteiger partial charge in [-0.2, -0.15) is 10.2 Å². The molecule has 1 aliphatic heterocycles. The zero-order valence-corrected chi connectivity index (χ0v) is 15.9. The number of benzene rings is 1. The van der Waals surface area contributed by atoms with Crippen molar-refractivity contribution in [2.45, 2.75) is 18.8 Å². The van der Waals surface area contributed by atoms with Gasteiger partial charge in [0.15, 0.2) is 11.6 Å². The number of nitrogens with one attached hydrogen (secondary N) is 1. The summed E-state index contributed by atoms with van der Waals surface area (Å²) in [5.41, 5.74) is 3.99. The van der Waals surface area contributed by atoms with Crippen LogP contribution < -0.4 is 4.90 Å². The van der Waals surface area contributed by atoms with Gasteiger partial charge in [0, 0.05) is 54.4 Å². The van der Waals surface area contributed by atoms with Crippen molar-refractivity contribution in [3.05, 3.63) is 72.8 Å². The maximum atomic E-state index is 4.51. The lowest BCUT2D eigenvalue weighted by Gasteiger charge is -2.31. The van der Waals surface area contributed by atoms with E-state index in [1.807, 2.05) is 54.9 Å². The van der Waals surface area contributed by atoms with Gasteiger partial charge >= 0.3 is 0 Å². The Morgan fingerprint density at radius 1 is 0.897 bits per heavy atom. The molecule has 1 aliphatic rings. The molecule has 0 radical (unpaired) electrons. The number of H-pyrrole nitrogens is 1. The molecule has 7 heteroatoms. The highest BCUT2D eigenvalue weighted by molar-refractivity contribution is 5.60. The third-order valence-corrected chi connectivity index (χ3v) is 5.39. The van der Waals surface area contributed by atoms with Gasteiger partial charge in [-0.1, -0.05) is 30.3 Å². The van der Waals surface area contributed by atoms with Gasteiger partial charge in [-0.3, -0.25) is 5.10 Å². The third kappa shape index (κ3) is 3.71. The summed E-state index contributed by atoms with van der Waals surface area (Å²) in [6.45, 7) is 1.93. The van der Waals surface area contributed by atoms with E-state index in [2.05, 4.69) is 41.3 Å². The van der Waals surface area contributed by atoms with Crippen LogP contribution in [0.15, 0.2) is 67.1 Å². The summed E-state index contributed by atoms with van der Waals surface area (Å²) in [6, 6.07) is 16.1. The first-order valence-corrected chi connectivity index (χ1v) is 9.82. The highest BCUT2D eigenvalue weighted by atomic mass is 15.3. The molecule has 7 nitrogen and oxygen atoms in total. The Balaban J connectivity index is 1.26. The van der Waals surface area contributed by atoms with E-state index in [1.54, 1.807) is 6.20 Å². The molecular weight excluding hydrogens is 362 g/mol. The summed E-state index contributed by atoms with van der Waals surface area (Å²) in [4.78, 5) is 11.3. The first-order chi connectivity index (χ1) is 14.4. The van der Waals surface area contributed by atoms with E-state index in [0.29, 0.717) is 5.92 Å². The van der Waals surface area contributed by atoms with E-state index < -0.39 is 0 Å². The van der Waals surface area contributed by atoms with E-state index in [1.165, 1.54) is 5.69 Å². The average molecular weight is 383 g/mol. The van der Waals surface area contributed by atoms with Gasteiger partial charge < -0.3 is 4.90 Å². The maximum absolute atomic E-state index is 4.51. The van der Waals surface area contributed by atoms with Gasteiger partial charge in [0.2, 0.25) is 0 Å². The number of hydrogen-bond donors (Lipinski definition) is 1. The van der Waals surface area contributed by atoms with Crippen LogP contribution in [-0.2, 0) is 0 Å². The van der Waals surface area contributed by atoms with Crippen LogP contribution in [-0.4, -0.2) is 43.5 Å². The van der Waals surface area contributed by atoms with Gasteiger partial charge in [-0.05, 0) is 31.0 Å². The van der Waals surface area contributed by atoms with Gasteiger partial charge in [-0.25, -0.2) is 9.97 Å². The Bertz CT molecular complexity index is 1050. The Kier molecular flexibility index (Phi) is 4.70. The lowest BCUT2D eigenvalue weighted by molar-refractivity contribution is 0.492. The minimum Gasteiger partial charge on any atom is -0.355 e. The fourth-order valence-corrected chi connectivity index (χ4v) is 3.77. The standard InChI is InChI=1S/C22H21N7/c1-2-5-17(6-3-1)22-23-14-18(15-24-22)20-13-19(26-27-20)16-8-11-29(12-9-16)21-7-4-10-25-28-21/h1-7,10,13-16H,8-9,11-12H2,(H,26,27). The number of nitrogens with zero attached hydrogens (tertiary/aromatic N) is 6. The molecule has 4 heterocycles. The molecule has 0 amide bonds. The SMILES string of the molecule is c1ccc(-c2ncc(-c3cc(C4CCN(c5cccnn5)CC4)[nH]n3)cn2)cc1. The van der Waals surface area contributed by atoms with Crippen molar-refractivity contribution in [1.29, 1.82) is 0 Å². The first kappa shape index (κ1) is 17.5. The van der Waals surface area contributed by atoms with E-state index in [9.17, 15) is 0 Å². The quantitative estimate of drug-likeness (QED) is 0.578. The molecule has 0 saturated carbocycles. The Labute approximate surface area is 168 Å². The number of hydrogen-bond acceptors (Lipinski definition) is 6. The molecule has 144 valence electrons. The van der Waals surface area contributed by atoms with Crippen LogP contribution in [0, 0.1) is 0 Å². The van der Waals surface area contributed by atoms with Crippen molar-refractivity contribution in [3.8, 4) is 22.6 Å². The lowest BCUT2D eigenvalue weighted by Crippen LogP contribution is -2.33. The molecule has 1 fully saturated rings. The van der Waals surface area contributed by atoms with Gasteiger partial charge in [-0.15, -0.1) is 5.10 Å². The van der Waals surface area contributed by atoms with Gasteiger partial charge in [0.25, 0.3) is 0 Å². The van der Waals surface area contributed by atoms with Crippen LogP contribution in [0.25, 0.3) is 22.6 Å². The second-order valence-electron chi connectivity index (χ2n) is 7.21. The highest BCUT2D eigenvalue weighted by Gasteiger charge is 2.23. The molecule has 5 rings (SSSR count). The third-order valence-electron chi connectivity index (χ3n) is 5.39. The molecule has 1 aromatic carbocycles. The topological polar surface area (TPSA) is 83.5 Å². The monoisotopic (exact) mass is 383 g/mol. The predicted molar refractivity (Wildman–Crippen MR) is 111 cm³/mol. The first-order valence-electron chi connectivity index (χ1n) is 9.82. The second kappa shape index (κ2) is 7.79. The van der Waals surface area contributed by atoms with Crippen LogP contribution in [0.1, 0.15) is 24.5 Å². The molecule has 0 aliphatic carbocycles. The van der Waals surface area contributed by atoms with Crippen molar-refractivity contribution in [2.75, 3.05) is 18.0 Å². The van der Waals surface area contributed by atoms with Crippen molar-refractivity contribution >= 4 is 5.82 Å². The van der Waals surface area contributed by atoms with Gasteiger partial charge in [0.05, 0.1) is 5.69 Å². The highest BCUT2D eigenvalue weighted by Crippen LogP contribution is 2.30. The number of aromatic nitrogens is 6. The fraction of sp³-hybridized carbons (Fsp3) is 0.227. The minimum atomic E-state index is 0.466. The van der Waals surface area contributed by atoms with E-state index >= 15 is 0 Å². The number of anilines is 1. The smallest absolute Gasteiger partial charge is 0.159 e. The molecule has 0 atom stereocenters. The minimum absolute atomic E-state index is 0.466. The van der Waals surface area contributed by atoms with Crippen molar-refractivity contribution in [2.24, 2.45) is 0 Å². The number of rotatable bonds is 4. The zero-order valence-electron chi connectivity index (χ0n) is 15.9. The molecule has 1 saturated heterocycles. The molecule has 29 heavy (non-hydrogen) atoms. The van der Waals surface area contributed by atoms with Crippen LogP contribution >= 0.6 is 0 Å². The molecule has 0 unspecified atom stereocenters. The van der Waals surface area contributed by atoms with E-state index in [4.69, 9.17) is 0 Å². The molecular formula is C22H21N7. The normalized spacial score (nSPS) is 14.8.